The van der Waals surface area contributed by atoms with E-state index in [2.05, 4.69) is 57.1 Å². The van der Waals surface area contributed by atoms with Gasteiger partial charge in [0.25, 0.3) is 0 Å². The van der Waals surface area contributed by atoms with Crippen LogP contribution in [0, 0.1) is 0 Å². The van der Waals surface area contributed by atoms with Crippen molar-refractivity contribution in [3.05, 3.63) is 35.4 Å². The number of hydrogen-bond donors (Lipinski definition) is 0. The lowest BCUT2D eigenvalue weighted by molar-refractivity contribution is -0.129. The van der Waals surface area contributed by atoms with Crippen molar-refractivity contribution in [1.29, 1.82) is 0 Å². The fourth-order valence-electron chi connectivity index (χ4n) is 2.15. The first-order valence-electron chi connectivity index (χ1n) is 7.39. The molecule has 1 amide bonds. The van der Waals surface area contributed by atoms with Gasteiger partial charge in [-0.3, -0.25) is 4.79 Å². The number of carbonyl (C=O) groups excluding carboxylic acids is 1. The highest BCUT2D eigenvalue weighted by molar-refractivity contribution is 5.73. The second-order valence-corrected chi connectivity index (χ2v) is 5.99. The first-order valence-corrected chi connectivity index (χ1v) is 7.39. The first-order chi connectivity index (χ1) is 9.40. The molecule has 1 aromatic rings. The van der Waals surface area contributed by atoms with Gasteiger partial charge in [-0.15, -0.1) is 0 Å². The smallest absolute Gasteiger partial charge is 0.219 e. The van der Waals surface area contributed by atoms with E-state index in [0.29, 0.717) is 12.5 Å². The molecule has 20 heavy (non-hydrogen) atoms. The Morgan fingerprint density at radius 2 is 1.70 bits per heavy atom. The molecular formula is C17H28N2O. The molecule has 0 bridgehead atoms. The third-order valence-corrected chi connectivity index (χ3v) is 3.50. The second kappa shape index (κ2) is 8.05. The minimum Gasteiger partial charge on any atom is -0.339 e. The molecule has 0 aliphatic rings. The van der Waals surface area contributed by atoms with Gasteiger partial charge in [-0.05, 0) is 44.1 Å². The maximum Gasteiger partial charge on any atom is 0.219 e. The highest BCUT2D eigenvalue weighted by Gasteiger charge is 2.09. The Bertz CT molecular complexity index is 410. The zero-order chi connectivity index (χ0) is 15.1. The summed E-state index contributed by atoms with van der Waals surface area (Å²) >= 11 is 0. The van der Waals surface area contributed by atoms with Crippen molar-refractivity contribution in [2.24, 2.45) is 0 Å². The summed E-state index contributed by atoms with van der Waals surface area (Å²) in [6, 6.07) is 8.60. The summed E-state index contributed by atoms with van der Waals surface area (Å²) < 4.78 is 0. The predicted molar refractivity (Wildman–Crippen MR) is 84.8 cm³/mol. The monoisotopic (exact) mass is 276 g/mol. The van der Waals surface area contributed by atoms with Gasteiger partial charge in [0.05, 0.1) is 0 Å². The van der Waals surface area contributed by atoms with Crippen LogP contribution in [0.3, 0.4) is 0 Å². The quantitative estimate of drug-likeness (QED) is 0.764. The van der Waals surface area contributed by atoms with E-state index in [1.54, 1.807) is 6.92 Å². The molecule has 1 rings (SSSR count). The molecule has 0 aliphatic carbocycles. The molecule has 1 aromatic carbocycles. The fraction of sp³-hybridized carbons (Fsp3) is 0.588. The summed E-state index contributed by atoms with van der Waals surface area (Å²) in [6.45, 7) is 8.57. The van der Waals surface area contributed by atoms with Gasteiger partial charge in [0.2, 0.25) is 5.91 Å². The molecule has 112 valence electrons. The highest BCUT2D eigenvalue weighted by atomic mass is 16.2. The fourth-order valence-corrected chi connectivity index (χ4v) is 2.15. The number of hydrogen-bond acceptors (Lipinski definition) is 2. The normalized spacial score (nSPS) is 11.2. The van der Waals surface area contributed by atoms with E-state index in [1.807, 2.05) is 4.90 Å². The summed E-state index contributed by atoms with van der Waals surface area (Å²) in [4.78, 5) is 15.8. The van der Waals surface area contributed by atoms with E-state index in [4.69, 9.17) is 0 Å². The Morgan fingerprint density at radius 3 is 2.15 bits per heavy atom. The third-order valence-electron chi connectivity index (χ3n) is 3.50. The Kier molecular flexibility index (Phi) is 6.73. The van der Waals surface area contributed by atoms with Gasteiger partial charge in [0.15, 0.2) is 0 Å². The van der Waals surface area contributed by atoms with Crippen LogP contribution in [0.2, 0.25) is 0 Å². The van der Waals surface area contributed by atoms with Crippen LogP contribution < -0.4 is 0 Å². The topological polar surface area (TPSA) is 23.6 Å². The number of amides is 1. The molecule has 3 nitrogen and oxygen atoms in total. The molecule has 0 N–H and O–H groups in total. The van der Waals surface area contributed by atoms with Gasteiger partial charge >= 0.3 is 0 Å². The Labute approximate surface area is 123 Å². The number of benzene rings is 1. The van der Waals surface area contributed by atoms with Crippen molar-refractivity contribution in [3.63, 3.8) is 0 Å². The van der Waals surface area contributed by atoms with Gasteiger partial charge in [-0.2, -0.15) is 0 Å². The van der Waals surface area contributed by atoms with Crippen LogP contribution in [0.4, 0.5) is 0 Å². The van der Waals surface area contributed by atoms with Crippen molar-refractivity contribution < 1.29 is 4.79 Å². The maximum atomic E-state index is 11.7. The molecule has 0 aliphatic heterocycles. The average molecular weight is 276 g/mol. The van der Waals surface area contributed by atoms with Crippen LogP contribution in [0.1, 0.15) is 44.2 Å². The van der Waals surface area contributed by atoms with Crippen molar-refractivity contribution >= 4 is 5.91 Å². The van der Waals surface area contributed by atoms with E-state index in [9.17, 15) is 4.79 Å². The zero-order valence-electron chi connectivity index (χ0n) is 13.5. The molecule has 0 spiro atoms. The van der Waals surface area contributed by atoms with E-state index < -0.39 is 0 Å². The standard InChI is InChI=1S/C17H28N2O/c1-14(2)17-9-7-16(8-10-17)13-19(15(3)20)12-6-11-18(4)5/h7-10,14H,6,11-13H2,1-5H3. The van der Waals surface area contributed by atoms with Gasteiger partial charge in [0, 0.05) is 20.0 Å². The van der Waals surface area contributed by atoms with Crippen LogP contribution in [0.15, 0.2) is 24.3 Å². The lowest BCUT2D eigenvalue weighted by Gasteiger charge is -2.22. The van der Waals surface area contributed by atoms with Gasteiger partial charge in [-0.25, -0.2) is 0 Å². The van der Waals surface area contributed by atoms with Gasteiger partial charge < -0.3 is 9.80 Å². The van der Waals surface area contributed by atoms with E-state index in [1.165, 1.54) is 11.1 Å². The second-order valence-electron chi connectivity index (χ2n) is 5.99. The molecule has 0 saturated carbocycles. The van der Waals surface area contributed by atoms with Gasteiger partial charge in [-0.1, -0.05) is 38.1 Å². The minimum atomic E-state index is 0.150. The molecule has 0 unspecified atom stereocenters. The Hall–Kier alpha value is -1.35. The third kappa shape index (κ3) is 5.74. The van der Waals surface area contributed by atoms with E-state index in [-0.39, 0.29) is 5.91 Å². The summed E-state index contributed by atoms with van der Waals surface area (Å²) in [5, 5.41) is 0. The summed E-state index contributed by atoms with van der Waals surface area (Å²) in [6.07, 6.45) is 1.01. The van der Waals surface area contributed by atoms with Crippen LogP contribution in [-0.4, -0.2) is 42.9 Å². The van der Waals surface area contributed by atoms with Crippen LogP contribution >= 0.6 is 0 Å². The van der Waals surface area contributed by atoms with Crippen molar-refractivity contribution in [3.8, 4) is 0 Å². The molecule has 0 aromatic heterocycles. The molecule has 0 atom stereocenters. The largest absolute Gasteiger partial charge is 0.339 e. The number of rotatable bonds is 7. The lowest BCUT2D eigenvalue weighted by atomic mass is 10.0. The molecule has 0 saturated heterocycles. The molecule has 3 heteroatoms. The van der Waals surface area contributed by atoms with Crippen molar-refractivity contribution in [2.75, 3.05) is 27.2 Å². The molecule has 0 radical (unpaired) electrons. The van der Waals surface area contributed by atoms with Crippen molar-refractivity contribution in [1.82, 2.24) is 9.80 Å². The van der Waals surface area contributed by atoms with Gasteiger partial charge in [0.1, 0.15) is 0 Å². The Morgan fingerprint density at radius 1 is 1.10 bits per heavy atom. The van der Waals surface area contributed by atoms with Crippen LogP contribution in [0.5, 0.6) is 0 Å². The highest BCUT2D eigenvalue weighted by Crippen LogP contribution is 2.15. The van der Waals surface area contributed by atoms with Crippen LogP contribution in [-0.2, 0) is 11.3 Å². The summed E-state index contributed by atoms with van der Waals surface area (Å²) in [5.41, 5.74) is 2.55. The number of nitrogens with zero attached hydrogens (tertiary/aromatic N) is 2. The predicted octanol–water partition coefficient (Wildman–Crippen LogP) is 3.11. The summed E-state index contributed by atoms with van der Waals surface area (Å²) in [7, 11) is 4.12. The Balaban J connectivity index is 2.58. The van der Waals surface area contributed by atoms with Crippen LogP contribution in [0.25, 0.3) is 0 Å². The minimum absolute atomic E-state index is 0.150. The number of carbonyl (C=O) groups is 1. The lowest BCUT2D eigenvalue weighted by Crippen LogP contribution is -2.31. The van der Waals surface area contributed by atoms with Crippen molar-refractivity contribution in [2.45, 2.75) is 39.7 Å². The van der Waals surface area contributed by atoms with E-state index >= 15 is 0 Å². The summed E-state index contributed by atoms with van der Waals surface area (Å²) in [5.74, 6) is 0.699. The molecule has 0 heterocycles. The van der Waals surface area contributed by atoms with E-state index in [0.717, 1.165) is 19.5 Å². The maximum absolute atomic E-state index is 11.7. The average Bonchev–Trinajstić information content (AvgIpc) is 2.37. The SMILES string of the molecule is CC(=O)N(CCCN(C)C)Cc1ccc(C(C)C)cc1. The molecular weight excluding hydrogens is 248 g/mol. The zero-order valence-corrected chi connectivity index (χ0v) is 13.5. The molecule has 0 fully saturated rings. The first kappa shape index (κ1) is 16.7.